The van der Waals surface area contributed by atoms with E-state index in [1.54, 1.807) is 6.26 Å². The van der Waals surface area contributed by atoms with Gasteiger partial charge in [0.05, 0.1) is 12.8 Å². The van der Waals surface area contributed by atoms with Crippen LogP contribution < -0.4 is 15.5 Å². The van der Waals surface area contributed by atoms with Gasteiger partial charge in [-0.05, 0) is 49.6 Å². The fourth-order valence-electron chi connectivity index (χ4n) is 3.16. The summed E-state index contributed by atoms with van der Waals surface area (Å²) in [4.78, 5) is 18.3. The van der Waals surface area contributed by atoms with E-state index in [-0.39, 0.29) is 29.9 Å². The topological polar surface area (TPSA) is 79.1 Å². The number of halogens is 1. The minimum atomic E-state index is 0. The lowest BCUT2D eigenvalue weighted by Crippen LogP contribution is -2.38. The molecule has 164 valence electrons. The van der Waals surface area contributed by atoms with Crippen LogP contribution in [0.15, 0.2) is 52.1 Å². The van der Waals surface area contributed by atoms with Crippen LogP contribution >= 0.6 is 24.0 Å². The lowest BCUT2D eigenvalue weighted by Gasteiger charge is -2.16. The third-order valence-corrected chi connectivity index (χ3v) is 4.67. The van der Waals surface area contributed by atoms with Crippen molar-refractivity contribution in [3.63, 3.8) is 0 Å². The standard InChI is InChI=1S/C22H30N4O3.HI/c1-2-23-22(24-12-5-14-28-17-20-6-4-15-29-20)25-16-18-8-10-19(11-9-18)26-13-3-7-21(26)27;/h4,6,8-11,15H,2-3,5,7,12-14,16-17H2,1H3,(H2,23,24,25);1H. The molecule has 0 radical (unpaired) electrons. The Kier molecular flexibility index (Phi) is 10.7. The summed E-state index contributed by atoms with van der Waals surface area (Å²) in [5.74, 6) is 1.84. The molecule has 0 aliphatic carbocycles. The molecule has 7 nitrogen and oxygen atoms in total. The number of aliphatic imine (C=N–C) groups is 1. The number of benzene rings is 1. The highest BCUT2D eigenvalue weighted by Crippen LogP contribution is 2.21. The molecule has 1 aliphatic heterocycles. The first kappa shape index (κ1) is 24.2. The molecule has 2 aromatic rings. The number of guanidine groups is 1. The maximum absolute atomic E-state index is 11.8. The number of furan rings is 1. The van der Waals surface area contributed by atoms with Gasteiger partial charge in [0.1, 0.15) is 12.4 Å². The van der Waals surface area contributed by atoms with Crippen molar-refractivity contribution in [3.8, 4) is 0 Å². The highest BCUT2D eigenvalue weighted by molar-refractivity contribution is 14.0. The van der Waals surface area contributed by atoms with E-state index in [9.17, 15) is 4.79 Å². The highest BCUT2D eigenvalue weighted by Gasteiger charge is 2.21. The maximum atomic E-state index is 11.8. The fourth-order valence-corrected chi connectivity index (χ4v) is 3.16. The molecule has 0 bridgehead atoms. The lowest BCUT2D eigenvalue weighted by atomic mass is 10.2. The number of nitrogens with zero attached hydrogens (tertiary/aromatic N) is 2. The predicted molar refractivity (Wildman–Crippen MR) is 129 cm³/mol. The summed E-state index contributed by atoms with van der Waals surface area (Å²) < 4.78 is 10.8. The number of rotatable bonds is 10. The average Bonchev–Trinajstić information content (AvgIpc) is 3.41. The van der Waals surface area contributed by atoms with Crippen LogP contribution in [-0.2, 0) is 22.7 Å². The van der Waals surface area contributed by atoms with E-state index in [0.29, 0.717) is 26.2 Å². The van der Waals surface area contributed by atoms with E-state index < -0.39 is 0 Å². The van der Waals surface area contributed by atoms with Crippen molar-refractivity contribution in [1.29, 1.82) is 0 Å². The van der Waals surface area contributed by atoms with Crippen LogP contribution in [0.25, 0.3) is 0 Å². The summed E-state index contributed by atoms with van der Waals surface area (Å²) >= 11 is 0. The third kappa shape index (κ3) is 7.64. The van der Waals surface area contributed by atoms with Crippen molar-refractivity contribution < 1.29 is 13.9 Å². The Morgan fingerprint density at radius 3 is 2.73 bits per heavy atom. The number of ether oxygens (including phenoxy) is 1. The average molecular weight is 526 g/mol. The Morgan fingerprint density at radius 2 is 2.07 bits per heavy atom. The van der Waals surface area contributed by atoms with Crippen molar-refractivity contribution in [2.45, 2.75) is 39.3 Å². The zero-order valence-corrected chi connectivity index (χ0v) is 19.8. The van der Waals surface area contributed by atoms with Crippen LogP contribution in [0.2, 0.25) is 0 Å². The van der Waals surface area contributed by atoms with E-state index in [1.165, 1.54) is 0 Å². The number of nitrogens with one attached hydrogen (secondary N) is 2. The first-order valence-corrected chi connectivity index (χ1v) is 10.3. The summed E-state index contributed by atoms with van der Waals surface area (Å²) in [6.07, 6.45) is 4.12. The van der Waals surface area contributed by atoms with Gasteiger partial charge < -0.3 is 24.7 Å². The van der Waals surface area contributed by atoms with Crippen molar-refractivity contribution in [2.75, 3.05) is 31.1 Å². The molecular weight excluding hydrogens is 495 g/mol. The molecule has 1 aromatic carbocycles. The number of hydrogen-bond acceptors (Lipinski definition) is 4. The van der Waals surface area contributed by atoms with Gasteiger partial charge in [0.25, 0.3) is 0 Å². The van der Waals surface area contributed by atoms with Crippen LogP contribution in [-0.4, -0.2) is 38.1 Å². The van der Waals surface area contributed by atoms with Crippen LogP contribution in [0.4, 0.5) is 5.69 Å². The second-order valence-corrected chi connectivity index (χ2v) is 6.92. The van der Waals surface area contributed by atoms with Gasteiger partial charge in [-0.2, -0.15) is 0 Å². The number of carbonyl (C=O) groups is 1. The molecule has 30 heavy (non-hydrogen) atoms. The summed E-state index contributed by atoms with van der Waals surface area (Å²) in [7, 11) is 0. The monoisotopic (exact) mass is 526 g/mol. The number of amides is 1. The van der Waals surface area contributed by atoms with Crippen LogP contribution in [0.3, 0.4) is 0 Å². The molecule has 3 rings (SSSR count). The number of anilines is 1. The van der Waals surface area contributed by atoms with E-state index in [2.05, 4.69) is 15.6 Å². The third-order valence-electron chi connectivity index (χ3n) is 4.67. The quantitative estimate of drug-likeness (QED) is 0.214. The van der Waals surface area contributed by atoms with E-state index in [0.717, 1.165) is 55.4 Å². The van der Waals surface area contributed by atoms with Gasteiger partial charge in [0.15, 0.2) is 5.96 Å². The summed E-state index contributed by atoms with van der Waals surface area (Å²) in [5, 5.41) is 6.59. The molecule has 2 N–H and O–H groups in total. The van der Waals surface area contributed by atoms with E-state index in [4.69, 9.17) is 9.15 Å². The zero-order chi connectivity index (χ0) is 20.3. The normalized spacial score (nSPS) is 14.0. The Balaban J connectivity index is 0.00000320. The first-order chi connectivity index (χ1) is 14.3. The van der Waals surface area contributed by atoms with Crippen LogP contribution in [0, 0.1) is 0 Å². The Labute approximate surface area is 195 Å². The number of carbonyl (C=O) groups excluding carboxylic acids is 1. The molecule has 1 fully saturated rings. The molecule has 0 atom stereocenters. The maximum Gasteiger partial charge on any atom is 0.227 e. The molecule has 0 spiro atoms. The van der Waals surface area contributed by atoms with Crippen molar-refractivity contribution in [3.05, 3.63) is 54.0 Å². The van der Waals surface area contributed by atoms with Gasteiger partial charge in [-0.25, -0.2) is 4.99 Å². The van der Waals surface area contributed by atoms with Gasteiger partial charge in [0.2, 0.25) is 5.91 Å². The lowest BCUT2D eigenvalue weighted by molar-refractivity contribution is -0.117. The molecule has 2 heterocycles. The second kappa shape index (κ2) is 13.3. The minimum Gasteiger partial charge on any atom is -0.467 e. The molecule has 1 amide bonds. The van der Waals surface area contributed by atoms with Crippen molar-refractivity contribution >= 4 is 41.5 Å². The van der Waals surface area contributed by atoms with Gasteiger partial charge in [-0.1, -0.05) is 12.1 Å². The van der Waals surface area contributed by atoms with Gasteiger partial charge >= 0.3 is 0 Å². The van der Waals surface area contributed by atoms with Crippen LogP contribution in [0.5, 0.6) is 0 Å². The molecule has 8 heteroatoms. The SMILES string of the molecule is CCNC(=NCc1ccc(N2CCCC2=O)cc1)NCCCOCc1ccco1.I. The summed E-state index contributed by atoms with van der Waals surface area (Å²) in [5.41, 5.74) is 2.08. The van der Waals surface area contributed by atoms with E-state index >= 15 is 0 Å². The van der Waals surface area contributed by atoms with Crippen molar-refractivity contribution in [2.24, 2.45) is 4.99 Å². The van der Waals surface area contributed by atoms with Gasteiger partial charge in [-0.3, -0.25) is 4.79 Å². The molecule has 1 aromatic heterocycles. The smallest absolute Gasteiger partial charge is 0.227 e. The summed E-state index contributed by atoms with van der Waals surface area (Å²) in [6.45, 7) is 6.18. The minimum absolute atomic E-state index is 0. The number of hydrogen-bond donors (Lipinski definition) is 2. The highest BCUT2D eigenvalue weighted by atomic mass is 127. The van der Waals surface area contributed by atoms with E-state index in [1.807, 2.05) is 48.2 Å². The van der Waals surface area contributed by atoms with Crippen LogP contribution in [0.1, 0.15) is 37.5 Å². The van der Waals surface area contributed by atoms with Gasteiger partial charge in [-0.15, -0.1) is 24.0 Å². The Bertz CT molecular complexity index is 778. The largest absolute Gasteiger partial charge is 0.467 e. The Morgan fingerprint density at radius 1 is 1.23 bits per heavy atom. The molecule has 1 aliphatic rings. The van der Waals surface area contributed by atoms with Crippen molar-refractivity contribution in [1.82, 2.24) is 10.6 Å². The molecule has 0 unspecified atom stereocenters. The second-order valence-electron chi connectivity index (χ2n) is 6.92. The predicted octanol–water partition coefficient (Wildman–Crippen LogP) is 3.69. The zero-order valence-electron chi connectivity index (χ0n) is 17.4. The molecule has 0 saturated carbocycles. The summed E-state index contributed by atoms with van der Waals surface area (Å²) in [6, 6.07) is 11.9. The molecular formula is C22H31IN4O3. The molecule has 1 saturated heterocycles. The Hall–Kier alpha value is -2.07. The fraction of sp³-hybridized carbons (Fsp3) is 0.455. The first-order valence-electron chi connectivity index (χ1n) is 10.3. The van der Waals surface area contributed by atoms with Gasteiger partial charge in [0, 0.05) is 38.3 Å².